The number of phenolic OH excluding ortho intramolecular Hbond substituents is 1. The number of urea groups is 1. The van der Waals surface area contributed by atoms with E-state index in [1.54, 1.807) is 0 Å². The van der Waals surface area contributed by atoms with Crippen LogP contribution >= 0.6 is 11.6 Å². The normalized spacial score (nSPS) is 12.3. The maximum atomic E-state index is 12.4. The minimum absolute atomic E-state index is 0.272. The minimum atomic E-state index is -4.96. The molecule has 0 heterocycles. The van der Waals surface area contributed by atoms with Crippen molar-refractivity contribution in [3.05, 3.63) is 41.4 Å². The van der Waals surface area contributed by atoms with Crippen LogP contribution in [0.25, 0.3) is 0 Å². The lowest BCUT2D eigenvalue weighted by Gasteiger charge is -2.16. The number of aromatic hydroxyl groups is 1. The molecule has 0 saturated heterocycles. The van der Waals surface area contributed by atoms with Gasteiger partial charge in [-0.05, 0) is 35.3 Å². The summed E-state index contributed by atoms with van der Waals surface area (Å²) >= 11 is 2.76. The van der Waals surface area contributed by atoms with Crippen LogP contribution in [0, 0.1) is 0 Å². The SMILES string of the molecule is O=C(Nc1ccccc1OC(F)(F)F)Nc1ccc(Cl)c(S(=O)[O-])c1O. The predicted octanol–water partition coefficient (Wildman–Crippen LogP) is 3.83. The van der Waals surface area contributed by atoms with E-state index in [2.05, 4.69) is 15.4 Å². The summed E-state index contributed by atoms with van der Waals surface area (Å²) in [6.07, 6.45) is -4.96. The van der Waals surface area contributed by atoms with Gasteiger partial charge < -0.3 is 25.0 Å². The van der Waals surface area contributed by atoms with Gasteiger partial charge in [0.1, 0.15) is 0 Å². The molecule has 0 aromatic heterocycles. The molecule has 26 heavy (non-hydrogen) atoms. The molecular weight excluding hydrogens is 401 g/mol. The zero-order chi connectivity index (χ0) is 19.5. The number of benzene rings is 2. The minimum Gasteiger partial charge on any atom is -0.768 e. The molecule has 0 fully saturated rings. The second-order valence-electron chi connectivity index (χ2n) is 4.63. The highest BCUT2D eigenvalue weighted by Crippen LogP contribution is 2.36. The largest absolute Gasteiger partial charge is 0.768 e. The van der Waals surface area contributed by atoms with Gasteiger partial charge >= 0.3 is 12.4 Å². The van der Waals surface area contributed by atoms with Gasteiger partial charge in [0, 0.05) is 0 Å². The molecule has 7 nitrogen and oxygen atoms in total. The van der Waals surface area contributed by atoms with E-state index >= 15 is 0 Å². The Morgan fingerprint density at radius 3 is 2.38 bits per heavy atom. The molecule has 0 spiro atoms. The van der Waals surface area contributed by atoms with Gasteiger partial charge in [-0.2, -0.15) is 0 Å². The zero-order valence-electron chi connectivity index (χ0n) is 12.5. The zero-order valence-corrected chi connectivity index (χ0v) is 14.0. The third kappa shape index (κ3) is 5.00. The highest BCUT2D eigenvalue weighted by atomic mass is 35.5. The standard InChI is InChI=1S/C14H10ClF3N2O5S/c15-7-5-6-9(11(21)12(7)26(23)24)20-13(22)19-8-3-1-2-4-10(8)25-14(16,17)18/h1-6,21H,(H,23,24)(H2,19,20,22)/p-1. The second-order valence-corrected chi connectivity index (χ2v) is 5.92. The fourth-order valence-electron chi connectivity index (χ4n) is 1.87. The van der Waals surface area contributed by atoms with Crippen molar-refractivity contribution >= 4 is 40.1 Å². The van der Waals surface area contributed by atoms with Gasteiger partial charge in [-0.3, -0.25) is 4.21 Å². The van der Waals surface area contributed by atoms with Gasteiger partial charge in [0.25, 0.3) is 0 Å². The lowest BCUT2D eigenvalue weighted by Crippen LogP contribution is -2.22. The van der Waals surface area contributed by atoms with Crippen molar-refractivity contribution in [2.24, 2.45) is 0 Å². The van der Waals surface area contributed by atoms with Crippen LogP contribution in [-0.2, 0) is 11.1 Å². The van der Waals surface area contributed by atoms with E-state index in [1.165, 1.54) is 12.1 Å². The number of hydrogen-bond donors (Lipinski definition) is 3. The molecule has 140 valence electrons. The van der Waals surface area contributed by atoms with E-state index < -0.39 is 39.9 Å². The summed E-state index contributed by atoms with van der Waals surface area (Å²) in [4.78, 5) is 11.3. The van der Waals surface area contributed by atoms with Gasteiger partial charge in [-0.25, -0.2) is 4.79 Å². The first-order chi connectivity index (χ1) is 12.1. The number of halogens is 4. The van der Waals surface area contributed by atoms with Gasteiger partial charge in [-0.1, -0.05) is 23.7 Å². The van der Waals surface area contributed by atoms with Crippen molar-refractivity contribution in [3.8, 4) is 11.5 Å². The van der Waals surface area contributed by atoms with Crippen LogP contribution in [0.3, 0.4) is 0 Å². The molecular formula is C14H9ClF3N2O5S-. The maximum absolute atomic E-state index is 12.4. The monoisotopic (exact) mass is 409 g/mol. The molecule has 0 bridgehead atoms. The van der Waals surface area contributed by atoms with Crippen molar-refractivity contribution < 1.29 is 36.6 Å². The van der Waals surface area contributed by atoms with Gasteiger partial charge in [-0.15, -0.1) is 13.2 Å². The Hall–Kier alpha value is -2.50. The molecule has 2 aromatic carbocycles. The molecule has 2 aromatic rings. The maximum Gasteiger partial charge on any atom is 0.573 e. The lowest BCUT2D eigenvalue weighted by atomic mass is 10.3. The van der Waals surface area contributed by atoms with E-state index in [0.29, 0.717) is 0 Å². The van der Waals surface area contributed by atoms with E-state index in [0.717, 1.165) is 24.3 Å². The molecule has 3 N–H and O–H groups in total. The van der Waals surface area contributed by atoms with E-state index in [1.807, 2.05) is 0 Å². The summed E-state index contributed by atoms with van der Waals surface area (Å²) < 4.78 is 63.0. The van der Waals surface area contributed by atoms with Crippen molar-refractivity contribution in [1.82, 2.24) is 0 Å². The summed E-state index contributed by atoms with van der Waals surface area (Å²) in [5.41, 5.74) is -0.622. The molecule has 0 radical (unpaired) electrons. The summed E-state index contributed by atoms with van der Waals surface area (Å²) in [6.45, 7) is 0. The Morgan fingerprint density at radius 1 is 1.15 bits per heavy atom. The number of rotatable bonds is 4. The average Bonchev–Trinajstić information content (AvgIpc) is 2.50. The molecule has 12 heteroatoms. The third-order valence-corrected chi connectivity index (χ3v) is 4.03. The first kappa shape index (κ1) is 19.8. The predicted molar refractivity (Wildman–Crippen MR) is 86.1 cm³/mol. The number of anilines is 2. The molecule has 1 unspecified atom stereocenters. The Morgan fingerprint density at radius 2 is 1.77 bits per heavy atom. The number of hydrogen-bond acceptors (Lipinski definition) is 5. The third-order valence-electron chi connectivity index (χ3n) is 2.86. The first-order valence-electron chi connectivity index (χ1n) is 6.62. The molecule has 1 atom stereocenters. The van der Waals surface area contributed by atoms with Crippen LogP contribution in [0.1, 0.15) is 0 Å². The summed E-state index contributed by atoms with van der Waals surface area (Å²) in [7, 11) is 0. The quantitative estimate of drug-likeness (QED) is 0.525. The van der Waals surface area contributed by atoms with Crippen LogP contribution in [0.4, 0.5) is 29.3 Å². The smallest absolute Gasteiger partial charge is 0.573 e. The number of amides is 2. The van der Waals surface area contributed by atoms with Crippen molar-refractivity contribution in [2.75, 3.05) is 10.6 Å². The van der Waals surface area contributed by atoms with Crippen molar-refractivity contribution in [1.29, 1.82) is 0 Å². The van der Waals surface area contributed by atoms with Gasteiger partial charge in [0.2, 0.25) is 0 Å². The second kappa shape index (κ2) is 7.81. The van der Waals surface area contributed by atoms with Gasteiger partial charge in [0.05, 0.1) is 21.3 Å². The topological polar surface area (TPSA) is 111 Å². The number of ether oxygens (including phenoxy) is 1. The summed E-state index contributed by atoms with van der Waals surface area (Å²) in [5, 5.41) is 13.8. The van der Waals surface area contributed by atoms with Crippen LogP contribution < -0.4 is 15.4 Å². The van der Waals surface area contributed by atoms with Crippen LogP contribution in [0.5, 0.6) is 11.5 Å². The average molecular weight is 410 g/mol. The Bertz CT molecular complexity index is 863. The molecule has 0 aliphatic carbocycles. The number of alkyl halides is 3. The number of nitrogens with one attached hydrogen (secondary N) is 2. The van der Waals surface area contributed by atoms with Crippen LogP contribution in [-0.4, -0.2) is 26.3 Å². The van der Waals surface area contributed by atoms with Crippen LogP contribution in [0.15, 0.2) is 41.3 Å². The first-order valence-corrected chi connectivity index (χ1v) is 8.07. The highest BCUT2D eigenvalue weighted by molar-refractivity contribution is 7.79. The summed E-state index contributed by atoms with van der Waals surface area (Å²) in [6, 6.07) is 5.95. The molecule has 2 rings (SSSR count). The van der Waals surface area contributed by atoms with E-state index in [-0.39, 0.29) is 16.4 Å². The Labute approximate surface area is 152 Å². The van der Waals surface area contributed by atoms with Crippen molar-refractivity contribution in [3.63, 3.8) is 0 Å². The van der Waals surface area contributed by atoms with E-state index in [4.69, 9.17) is 11.6 Å². The van der Waals surface area contributed by atoms with E-state index in [9.17, 15) is 31.8 Å². The number of carbonyl (C=O) groups excluding carboxylic acids is 1. The van der Waals surface area contributed by atoms with Crippen molar-refractivity contribution in [2.45, 2.75) is 11.3 Å². The molecule has 0 aliphatic rings. The number of para-hydroxylation sites is 2. The number of carbonyl (C=O) groups is 1. The summed E-state index contributed by atoms with van der Waals surface area (Å²) in [5.74, 6) is -1.47. The highest BCUT2D eigenvalue weighted by Gasteiger charge is 2.32. The van der Waals surface area contributed by atoms with Gasteiger partial charge in [0.15, 0.2) is 11.5 Å². The number of phenols is 1. The van der Waals surface area contributed by atoms with Crippen LogP contribution in [0.2, 0.25) is 5.02 Å². The fourth-order valence-corrected chi connectivity index (χ4v) is 2.70. The Balaban J connectivity index is 2.21. The fraction of sp³-hybridized carbons (Fsp3) is 0.0714. The molecule has 2 amide bonds. The Kier molecular flexibility index (Phi) is 5.95. The lowest BCUT2D eigenvalue weighted by molar-refractivity contribution is -0.274. The molecule has 0 aliphatic heterocycles. The molecule has 0 saturated carbocycles.